The molecule has 2 fully saturated rings. The van der Waals surface area contributed by atoms with E-state index in [-0.39, 0.29) is 0 Å². The lowest BCUT2D eigenvalue weighted by Crippen LogP contribution is -3.21. The Balaban J connectivity index is 1.95. The van der Waals surface area contributed by atoms with Gasteiger partial charge in [-0.05, 0) is 37.1 Å². The summed E-state index contributed by atoms with van der Waals surface area (Å²) in [4.78, 5) is 1.45. The quantitative estimate of drug-likeness (QED) is 0.874. The van der Waals surface area contributed by atoms with Crippen molar-refractivity contribution < 1.29 is 9.64 Å². The van der Waals surface area contributed by atoms with Crippen molar-refractivity contribution in [1.29, 1.82) is 0 Å². The second-order valence-corrected chi connectivity index (χ2v) is 7.23. The van der Waals surface area contributed by atoms with Crippen molar-refractivity contribution in [2.75, 3.05) is 13.2 Å². The summed E-state index contributed by atoms with van der Waals surface area (Å²) in [6.07, 6.45) is 3.69. The van der Waals surface area contributed by atoms with Gasteiger partial charge in [0.2, 0.25) is 0 Å². The van der Waals surface area contributed by atoms with Crippen molar-refractivity contribution in [1.82, 2.24) is 0 Å². The zero-order chi connectivity index (χ0) is 15.9. The van der Waals surface area contributed by atoms with Crippen molar-refractivity contribution in [3.8, 4) is 0 Å². The monoisotopic (exact) mass is 348 g/mol. The molecule has 4 rings (SSSR count). The van der Waals surface area contributed by atoms with E-state index in [1.54, 1.807) is 0 Å². The molecule has 4 heteroatoms. The Hall–Kier alpha value is -1.06. The summed E-state index contributed by atoms with van der Waals surface area (Å²) in [5.41, 5.74) is 1.45. The highest BCUT2D eigenvalue weighted by Crippen LogP contribution is 2.39. The van der Waals surface area contributed by atoms with Crippen molar-refractivity contribution in [3.63, 3.8) is 0 Å². The Bertz CT molecular complexity index is 673. The highest BCUT2D eigenvalue weighted by Gasteiger charge is 2.56. The third-order valence-electron chi connectivity index (χ3n) is 5.20. The second kappa shape index (κ2) is 6.10. The second-order valence-electron chi connectivity index (χ2n) is 6.42. The van der Waals surface area contributed by atoms with Gasteiger partial charge in [-0.1, -0.05) is 47.5 Å². The Morgan fingerprint density at radius 1 is 0.913 bits per heavy atom. The summed E-state index contributed by atoms with van der Waals surface area (Å²) < 4.78 is 6.52. The fraction of sp³-hybridized carbons (Fsp3) is 0.368. The van der Waals surface area contributed by atoms with Gasteiger partial charge in [-0.25, -0.2) is 0 Å². The molecule has 1 N–H and O–H groups in total. The summed E-state index contributed by atoms with van der Waals surface area (Å²) in [6.45, 7) is 1.84. The molecule has 2 unspecified atom stereocenters. The largest absolute Gasteiger partial charge is 0.313 e. The molecule has 0 saturated carbocycles. The molecule has 2 atom stereocenters. The first kappa shape index (κ1) is 15.5. The fourth-order valence-electron chi connectivity index (χ4n) is 4.19. The summed E-state index contributed by atoms with van der Waals surface area (Å²) in [6, 6.07) is 16.5. The molecule has 0 aliphatic carbocycles. The predicted octanol–water partition coefficient (Wildman–Crippen LogP) is 3.66. The van der Waals surface area contributed by atoms with E-state index in [1.807, 2.05) is 36.4 Å². The van der Waals surface area contributed by atoms with Crippen LogP contribution in [0.3, 0.4) is 0 Å². The van der Waals surface area contributed by atoms with E-state index in [2.05, 4.69) is 12.1 Å². The Labute approximate surface area is 147 Å². The molecule has 2 saturated heterocycles. The zero-order valence-electron chi connectivity index (χ0n) is 12.9. The lowest BCUT2D eigenvalue weighted by molar-refractivity contribution is -0.981. The van der Waals surface area contributed by atoms with E-state index in [1.165, 1.54) is 24.2 Å². The predicted molar refractivity (Wildman–Crippen MR) is 93.1 cm³/mol. The van der Waals surface area contributed by atoms with Gasteiger partial charge in [0.25, 0.3) is 5.72 Å². The number of nitrogens with one attached hydrogen (secondary N) is 1. The molecule has 0 amide bonds. The van der Waals surface area contributed by atoms with Crippen LogP contribution in [0.5, 0.6) is 0 Å². The molecule has 0 bridgehead atoms. The summed E-state index contributed by atoms with van der Waals surface area (Å²) in [5.74, 6) is 0. The van der Waals surface area contributed by atoms with Crippen molar-refractivity contribution in [2.24, 2.45) is 0 Å². The number of rotatable bonds is 2. The third-order valence-corrected chi connectivity index (χ3v) is 5.86. The number of hydrogen-bond acceptors (Lipinski definition) is 1. The molecule has 120 valence electrons. The fourth-order valence-corrected chi connectivity index (χ4v) is 4.73. The van der Waals surface area contributed by atoms with E-state index in [0.717, 1.165) is 34.3 Å². The molecule has 0 spiro atoms. The van der Waals surface area contributed by atoms with Gasteiger partial charge in [0.1, 0.15) is 12.6 Å². The molecule has 23 heavy (non-hydrogen) atoms. The maximum Gasteiger partial charge on any atom is 0.259 e. The molecule has 2 nitrogen and oxygen atoms in total. The molecule has 2 heterocycles. The van der Waals surface area contributed by atoms with Crippen LogP contribution in [-0.2, 0) is 10.5 Å². The highest BCUT2D eigenvalue weighted by atomic mass is 35.5. The Kier molecular flexibility index (Phi) is 4.10. The molecule has 2 aliphatic heterocycles. The van der Waals surface area contributed by atoms with Crippen LogP contribution < -0.4 is 4.90 Å². The lowest BCUT2D eigenvalue weighted by Gasteiger charge is -2.39. The minimum absolute atomic E-state index is 0.510. The van der Waals surface area contributed by atoms with E-state index in [0.29, 0.717) is 6.04 Å². The maximum atomic E-state index is 6.59. The van der Waals surface area contributed by atoms with Crippen LogP contribution in [0.15, 0.2) is 48.5 Å². The average molecular weight is 349 g/mol. The minimum Gasteiger partial charge on any atom is -0.313 e. The molecular formula is C19H20Cl2NO+. The summed E-state index contributed by atoms with van der Waals surface area (Å²) in [7, 11) is 0. The number of ether oxygens (including phenoxy) is 1. The first-order chi connectivity index (χ1) is 11.2. The minimum atomic E-state index is -0.595. The third kappa shape index (κ3) is 2.40. The van der Waals surface area contributed by atoms with Gasteiger partial charge in [-0.2, -0.15) is 0 Å². The van der Waals surface area contributed by atoms with Gasteiger partial charge in [0, 0.05) is 6.42 Å². The average Bonchev–Trinajstić information content (AvgIpc) is 2.96. The van der Waals surface area contributed by atoms with Crippen LogP contribution in [-0.4, -0.2) is 19.2 Å². The number of hydrogen-bond donors (Lipinski definition) is 1. The number of quaternary nitrogens is 1. The van der Waals surface area contributed by atoms with Gasteiger partial charge in [0.15, 0.2) is 0 Å². The smallest absolute Gasteiger partial charge is 0.259 e. The SMILES string of the molecule is Clc1ccccc1C1(c2ccccc2Cl)OCC2CCCC[NH+]21. The van der Waals surface area contributed by atoms with E-state index in [9.17, 15) is 0 Å². The van der Waals surface area contributed by atoms with E-state index in [4.69, 9.17) is 27.9 Å². The zero-order valence-corrected chi connectivity index (χ0v) is 14.4. The maximum absolute atomic E-state index is 6.59. The summed E-state index contributed by atoms with van der Waals surface area (Å²) in [5, 5.41) is 1.48. The number of piperidine rings is 1. The van der Waals surface area contributed by atoms with E-state index >= 15 is 0 Å². The molecule has 2 aromatic rings. The topological polar surface area (TPSA) is 13.7 Å². The van der Waals surface area contributed by atoms with Crippen LogP contribution in [0.1, 0.15) is 30.4 Å². The van der Waals surface area contributed by atoms with Gasteiger partial charge in [0.05, 0.1) is 27.7 Å². The molecular weight excluding hydrogens is 329 g/mol. The van der Waals surface area contributed by atoms with Crippen LogP contribution in [0.4, 0.5) is 0 Å². The normalized spacial score (nSPS) is 26.0. The van der Waals surface area contributed by atoms with Crippen molar-refractivity contribution in [3.05, 3.63) is 69.7 Å². The number of fused-ring (bicyclic) bond motifs is 1. The van der Waals surface area contributed by atoms with Crippen LogP contribution in [0.25, 0.3) is 0 Å². The number of benzene rings is 2. The molecule has 0 aromatic heterocycles. The van der Waals surface area contributed by atoms with Crippen molar-refractivity contribution >= 4 is 23.2 Å². The Morgan fingerprint density at radius 2 is 1.52 bits per heavy atom. The van der Waals surface area contributed by atoms with Gasteiger partial charge in [-0.3, -0.25) is 4.90 Å². The van der Waals surface area contributed by atoms with Gasteiger partial charge < -0.3 is 4.74 Å². The van der Waals surface area contributed by atoms with Crippen molar-refractivity contribution in [2.45, 2.75) is 31.0 Å². The Morgan fingerprint density at radius 3 is 2.13 bits per heavy atom. The highest BCUT2D eigenvalue weighted by molar-refractivity contribution is 6.32. The first-order valence-corrected chi connectivity index (χ1v) is 8.99. The summed E-state index contributed by atoms with van der Waals surface area (Å²) >= 11 is 13.2. The molecule has 2 aliphatic rings. The first-order valence-electron chi connectivity index (χ1n) is 8.23. The lowest BCUT2D eigenvalue weighted by atomic mass is 9.90. The van der Waals surface area contributed by atoms with Crippen LogP contribution in [0.2, 0.25) is 10.0 Å². The van der Waals surface area contributed by atoms with Gasteiger partial charge >= 0.3 is 0 Å². The van der Waals surface area contributed by atoms with E-state index < -0.39 is 5.72 Å². The standard InChI is InChI=1S/C19H19Cl2NO/c20-17-10-3-1-8-15(17)19(16-9-2-4-11-18(16)21)22-12-6-5-7-14(22)13-23-19/h1-4,8-11,14H,5-7,12-13H2/p+1. The van der Waals surface area contributed by atoms with Gasteiger partial charge in [-0.15, -0.1) is 0 Å². The van der Waals surface area contributed by atoms with Crippen LogP contribution in [0, 0.1) is 0 Å². The van der Waals surface area contributed by atoms with Crippen LogP contribution >= 0.6 is 23.2 Å². The molecule has 2 aromatic carbocycles. The molecule has 0 radical (unpaired) electrons. The number of halogens is 2.